The molecule has 5 nitrogen and oxygen atoms in total. The molecule has 0 atom stereocenters. The van der Waals surface area contributed by atoms with E-state index in [1.54, 1.807) is 24.3 Å². The van der Waals surface area contributed by atoms with Gasteiger partial charge in [0.25, 0.3) is 5.91 Å². The van der Waals surface area contributed by atoms with Crippen LogP contribution in [0.1, 0.15) is 19.4 Å². The highest BCUT2D eigenvalue weighted by atomic mass is 16.5. The fourth-order valence-corrected chi connectivity index (χ4v) is 2.00. The minimum absolute atomic E-state index is 0.0923. The summed E-state index contributed by atoms with van der Waals surface area (Å²) < 4.78 is 10.4. The third-order valence-electron chi connectivity index (χ3n) is 3.06. The molecular weight excluding hydrogens is 294 g/mol. The van der Waals surface area contributed by atoms with Crippen LogP contribution in [0, 0.1) is 0 Å². The van der Waals surface area contributed by atoms with Crippen molar-refractivity contribution in [2.45, 2.75) is 20.3 Å². The Kier molecular flexibility index (Phi) is 5.74. The minimum Gasteiger partial charge on any atom is -0.484 e. The molecule has 2 rings (SSSR count). The van der Waals surface area contributed by atoms with Crippen LogP contribution in [0.2, 0.25) is 0 Å². The van der Waals surface area contributed by atoms with Crippen molar-refractivity contribution in [1.29, 1.82) is 0 Å². The Bertz CT molecular complexity index is 697. The van der Waals surface area contributed by atoms with Gasteiger partial charge in [0, 0.05) is 18.7 Å². The molecular formula is C18H19NO4. The van der Waals surface area contributed by atoms with E-state index in [0.29, 0.717) is 17.2 Å². The number of aryl methyl sites for hydroxylation is 1. The normalized spacial score (nSPS) is 10.0. The molecule has 0 fully saturated rings. The first-order valence-electron chi connectivity index (χ1n) is 7.37. The Hall–Kier alpha value is -2.82. The highest BCUT2D eigenvalue weighted by Gasteiger charge is 2.06. The lowest BCUT2D eigenvalue weighted by molar-refractivity contribution is -0.131. The van der Waals surface area contributed by atoms with E-state index in [4.69, 9.17) is 9.47 Å². The summed E-state index contributed by atoms with van der Waals surface area (Å²) in [5.74, 6) is 0.347. The second-order valence-electron chi connectivity index (χ2n) is 4.96. The number of carbonyl (C=O) groups excluding carboxylic acids is 2. The molecule has 120 valence electrons. The molecule has 0 aromatic heterocycles. The Morgan fingerprint density at radius 2 is 1.78 bits per heavy atom. The van der Waals surface area contributed by atoms with Crippen molar-refractivity contribution in [3.8, 4) is 11.5 Å². The Morgan fingerprint density at radius 1 is 1.04 bits per heavy atom. The predicted molar refractivity (Wildman–Crippen MR) is 87.7 cm³/mol. The average molecular weight is 313 g/mol. The van der Waals surface area contributed by atoms with Gasteiger partial charge in [-0.2, -0.15) is 0 Å². The molecule has 23 heavy (non-hydrogen) atoms. The number of hydrogen-bond donors (Lipinski definition) is 1. The lowest BCUT2D eigenvalue weighted by atomic mass is 10.2. The van der Waals surface area contributed by atoms with Crippen molar-refractivity contribution < 1.29 is 19.1 Å². The van der Waals surface area contributed by atoms with Gasteiger partial charge in [0.15, 0.2) is 6.61 Å². The molecule has 0 aliphatic rings. The summed E-state index contributed by atoms with van der Waals surface area (Å²) in [6.07, 6.45) is 0.909. The van der Waals surface area contributed by atoms with Crippen molar-refractivity contribution in [2.75, 3.05) is 11.9 Å². The Labute approximate surface area is 135 Å². The summed E-state index contributed by atoms with van der Waals surface area (Å²) in [6, 6.07) is 14.3. The SMILES string of the molecule is CCc1cccc(OCC(=O)Nc2cccc(OC(C)=O)c2)c1. The predicted octanol–water partition coefficient (Wildman–Crippen LogP) is 3.19. The molecule has 1 amide bonds. The van der Waals surface area contributed by atoms with Gasteiger partial charge < -0.3 is 14.8 Å². The van der Waals surface area contributed by atoms with E-state index in [1.165, 1.54) is 6.92 Å². The molecule has 0 heterocycles. The third kappa shape index (κ3) is 5.47. The van der Waals surface area contributed by atoms with E-state index in [0.717, 1.165) is 12.0 Å². The van der Waals surface area contributed by atoms with Crippen molar-refractivity contribution in [3.05, 3.63) is 54.1 Å². The summed E-state index contributed by atoms with van der Waals surface area (Å²) in [6.45, 7) is 3.29. The molecule has 0 aliphatic heterocycles. The first kappa shape index (κ1) is 16.5. The Morgan fingerprint density at radius 3 is 2.52 bits per heavy atom. The van der Waals surface area contributed by atoms with E-state index in [2.05, 4.69) is 12.2 Å². The summed E-state index contributed by atoms with van der Waals surface area (Å²) in [5, 5.41) is 2.70. The molecule has 5 heteroatoms. The maximum Gasteiger partial charge on any atom is 0.308 e. The number of benzene rings is 2. The monoisotopic (exact) mass is 313 g/mol. The third-order valence-corrected chi connectivity index (χ3v) is 3.06. The second-order valence-corrected chi connectivity index (χ2v) is 4.96. The first-order chi connectivity index (χ1) is 11.1. The molecule has 0 unspecified atom stereocenters. The zero-order valence-corrected chi connectivity index (χ0v) is 13.2. The van der Waals surface area contributed by atoms with Gasteiger partial charge in [-0.1, -0.05) is 25.1 Å². The molecule has 0 saturated heterocycles. The van der Waals surface area contributed by atoms with Crippen LogP contribution in [0.3, 0.4) is 0 Å². The second kappa shape index (κ2) is 7.98. The molecule has 1 N–H and O–H groups in total. The number of esters is 1. The molecule has 2 aromatic carbocycles. The molecule has 2 aromatic rings. The van der Waals surface area contributed by atoms with Crippen LogP contribution < -0.4 is 14.8 Å². The van der Waals surface area contributed by atoms with E-state index in [-0.39, 0.29) is 12.5 Å². The van der Waals surface area contributed by atoms with Crippen molar-refractivity contribution >= 4 is 17.6 Å². The van der Waals surface area contributed by atoms with Crippen LogP contribution in [0.5, 0.6) is 11.5 Å². The number of amides is 1. The van der Waals surface area contributed by atoms with E-state index in [9.17, 15) is 9.59 Å². The van der Waals surface area contributed by atoms with E-state index < -0.39 is 5.97 Å². The van der Waals surface area contributed by atoms with Crippen molar-refractivity contribution in [1.82, 2.24) is 0 Å². The highest BCUT2D eigenvalue weighted by Crippen LogP contribution is 2.18. The standard InChI is InChI=1S/C18H19NO4/c1-3-14-6-4-8-16(10-14)22-12-18(21)19-15-7-5-9-17(11-15)23-13(2)20/h4-11H,3,12H2,1-2H3,(H,19,21). The fraction of sp³-hybridized carbons (Fsp3) is 0.222. The maximum atomic E-state index is 11.9. The van der Waals surface area contributed by atoms with Crippen molar-refractivity contribution in [3.63, 3.8) is 0 Å². The van der Waals surface area contributed by atoms with Crippen LogP contribution in [0.4, 0.5) is 5.69 Å². The number of hydrogen-bond acceptors (Lipinski definition) is 4. The number of carbonyl (C=O) groups is 2. The number of ether oxygens (including phenoxy) is 2. The zero-order valence-electron chi connectivity index (χ0n) is 13.2. The van der Waals surface area contributed by atoms with Gasteiger partial charge in [0.05, 0.1) is 0 Å². The summed E-state index contributed by atoms with van der Waals surface area (Å²) in [7, 11) is 0. The molecule has 0 saturated carbocycles. The largest absolute Gasteiger partial charge is 0.484 e. The van der Waals surface area contributed by atoms with Gasteiger partial charge in [-0.15, -0.1) is 0 Å². The van der Waals surface area contributed by atoms with Gasteiger partial charge in [0.1, 0.15) is 11.5 Å². The first-order valence-corrected chi connectivity index (χ1v) is 7.37. The quantitative estimate of drug-likeness (QED) is 0.657. The van der Waals surface area contributed by atoms with Crippen LogP contribution in [0.15, 0.2) is 48.5 Å². The van der Waals surface area contributed by atoms with Crippen LogP contribution in [-0.4, -0.2) is 18.5 Å². The minimum atomic E-state index is -0.410. The molecule has 0 radical (unpaired) electrons. The van der Waals surface area contributed by atoms with E-state index >= 15 is 0 Å². The van der Waals surface area contributed by atoms with Crippen LogP contribution in [0.25, 0.3) is 0 Å². The average Bonchev–Trinajstić information content (AvgIpc) is 2.53. The molecule has 0 spiro atoms. The maximum absolute atomic E-state index is 11.9. The van der Waals surface area contributed by atoms with Crippen molar-refractivity contribution in [2.24, 2.45) is 0 Å². The molecule has 0 bridgehead atoms. The summed E-state index contributed by atoms with van der Waals surface area (Å²) >= 11 is 0. The van der Waals surface area contributed by atoms with Crippen LogP contribution >= 0.6 is 0 Å². The number of nitrogens with one attached hydrogen (secondary N) is 1. The van der Waals surface area contributed by atoms with Crippen LogP contribution in [-0.2, 0) is 16.0 Å². The fourth-order valence-electron chi connectivity index (χ4n) is 2.00. The topological polar surface area (TPSA) is 64.6 Å². The Balaban J connectivity index is 1.90. The van der Waals surface area contributed by atoms with Gasteiger partial charge in [-0.05, 0) is 36.2 Å². The van der Waals surface area contributed by atoms with Gasteiger partial charge >= 0.3 is 5.97 Å². The smallest absolute Gasteiger partial charge is 0.308 e. The lowest BCUT2D eigenvalue weighted by Gasteiger charge is -2.09. The van der Waals surface area contributed by atoms with Gasteiger partial charge in [0.2, 0.25) is 0 Å². The molecule has 0 aliphatic carbocycles. The summed E-state index contributed by atoms with van der Waals surface area (Å²) in [5.41, 5.74) is 1.69. The van der Waals surface area contributed by atoms with Gasteiger partial charge in [-0.3, -0.25) is 9.59 Å². The number of rotatable bonds is 6. The summed E-state index contributed by atoms with van der Waals surface area (Å²) in [4.78, 5) is 22.9. The number of anilines is 1. The van der Waals surface area contributed by atoms with E-state index in [1.807, 2.05) is 24.3 Å². The highest BCUT2D eigenvalue weighted by molar-refractivity contribution is 5.92. The lowest BCUT2D eigenvalue weighted by Crippen LogP contribution is -2.20. The van der Waals surface area contributed by atoms with Gasteiger partial charge in [-0.25, -0.2) is 0 Å². The zero-order chi connectivity index (χ0) is 16.7.